The summed E-state index contributed by atoms with van der Waals surface area (Å²) in [5.41, 5.74) is 4.09. The van der Waals surface area contributed by atoms with Crippen molar-refractivity contribution in [2.75, 3.05) is 19.7 Å². The Morgan fingerprint density at radius 1 is 1.09 bits per heavy atom. The Bertz CT molecular complexity index is 1070. The van der Waals surface area contributed by atoms with Crippen molar-refractivity contribution in [1.29, 1.82) is 0 Å². The highest BCUT2D eigenvalue weighted by atomic mass is 19.3. The van der Waals surface area contributed by atoms with Gasteiger partial charge in [-0.05, 0) is 47.9 Å². The van der Waals surface area contributed by atoms with E-state index < -0.39 is 42.3 Å². The van der Waals surface area contributed by atoms with Crippen LogP contribution in [0.15, 0.2) is 48.5 Å². The number of benzene rings is 2. The highest BCUT2D eigenvalue weighted by Crippen LogP contribution is 2.45. The molecule has 4 rings (SSSR count). The van der Waals surface area contributed by atoms with Crippen LogP contribution in [-0.2, 0) is 14.3 Å². The SMILES string of the molecule is CCN(CCC(=O)O)C(=O)C(F)(F)C(NC(=O)OCC1c2ccccc2-c2ccccc21)C1CC1. The highest BCUT2D eigenvalue weighted by molar-refractivity contribution is 5.86. The third-order valence-electron chi connectivity index (χ3n) is 6.65. The van der Waals surface area contributed by atoms with Gasteiger partial charge in [0.2, 0.25) is 0 Å². The van der Waals surface area contributed by atoms with Crippen molar-refractivity contribution in [3.63, 3.8) is 0 Å². The number of nitrogens with one attached hydrogen (secondary N) is 1. The summed E-state index contributed by atoms with van der Waals surface area (Å²) in [7, 11) is 0. The minimum absolute atomic E-state index is 0.0313. The first-order chi connectivity index (χ1) is 16.7. The third kappa shape index (κ3) is 5.13. The zero-order chi connectivity index (χ0) is 25.2. The molecule has 1 unspecified atom stereocenters. The Morgan fingerprint density at radius 3 is 2.17 bits per heavy atom. The van der Waals surface area contributed by atoms with Crippen LogP contribution < -0.4 is 5.32 Å². The molecule has 2 amide bonds. The lowest BCUT2D eigenvalue weighted by Gasteiger charge is -2.31. The monoisotopic (exact) mass is 486 g/mol. The molecule has 0 saturated heterocycles. The van der Waals surface area contributed by atoms with Crippen LogP contribution in [-0.4, -0.2) is 59.6 Å². The number of ether oxygens (including phenoxy) is 1. The van der Waals surface area contributed by atoms with Crippen LogP contribution in [0, 0.1) is 5.92 Å². The van der Waals surface area contributed by atoms with E-state index in [-0.39, 0.29) is 25.6 Å². The van der Waals surface area contributed by atoms with Gasteiger partial charge in [-0.15, -0.1) is 0 Å². The lowest BCUT2D eigenvalue weighted by molar-refractivity contribution is -0.163. The Hall–Kier alpha value is -3.49. The summed E-state index contributed by atoms with van der Waals surface area (Å²) in [4.78, 5) is 36.9. The number of hydrogen-bond acceptors (Lipinski definition) is 4. The van der Waals surface area contributed by atoms with Crippen LogP contribution in [0.2, 0.25) is 0 Å². The molecule has 2 N–H and O–H groups in total. The molecule has 9 heteroatoms. The largest absolute Gasteiger partial charge is 0.481 e. The van der Waals surface area contributed by atoms with Crippen LogP contribution in [0.4, 0.5) is 13.6 Å². The first-order valence-corrected chi connectivity index (χ1v) is 11.7. The zero-order valence-corrected chi connectivity index (χ0v) is 19.4. The van der Waals surface area contributed by atoms with Crippen molar-refractivity contribution in [2.45, 2.75) is 44.1 Å². The molecule has 0 bridgehead atoms. The Labute approximate surface area is 202 Å². The molecule has 35 heavy (non-hydrogen) atoms. The van der Waals surface area contributed by atoms with Crippen molar-refractivity contribution in [3.05, 3.63) is 59.7 Å². The summed E-state index contributed by atoms with van der Waals surface area (Å²) in [6, 6.07) is 13.8. The van der Waals surface area contributed by atoms with E-state index in [1.54, 1.807) is 0 Å². The van der Waals surface area contributed by atoms with Gasteiger partial charge in [-0.25, -0.2) is 4.79 Å². The molecule has 2 aromatic carbocycles. The molecular formula is C26H28F2N2O5. The number of carbonyl (C=O) groups excluding carboxylic acids is 2. The van der Waals surface area contributed by atoms with Gasteiger partial charge >= 0.3 is 18.0 Å². The molecule has 1 fully saturated rings. The van der Waals surface area contributed by atoms with Crippen LogP contribution >= 0.6 is 0 Å². The van der Waals surface area contributed by atoms with E-state index in [2.05, 4.69) is 5.32 Å². The molecule has 1 atom stereocenters. The first-order valence-electron chi connectivity index (χ1n) is 11.7. The fourth-order valence-corrected chi connectivity index (χ4v) is 4.68. The molecule has 2 aliphatic rings. The minimum atomic E-state index is -3.89. The van der Waals surface area contributed by atoms with Crippen molar-refractivity contribution in [3.8, 4) is 11.1 Å². The van der Waals surface area contributed by atoms with Gasteiger partial charge in [0.1, 0.15) is 12.6 Å². The van der Waals surface area contributed by atoms with Crippen LogP contribution in [0.25, 0.3) is 11.1 Å². The second kappa shape index (κ2) is 10.0. The standard InChI is InChI=1S/C26H28F2N2O5/c1-2-30(14-13-22(31)32)24(33)26(27,28)23(16-11-12-16)29-25(34)35-15-21-19-9-5-3-7-17(19)18-8-4-6-10-20(18)21/h3-10,16,21,23H,2,11-15H2,1H3,(H,29,34)(H,31,32). The van der Waals surface area contributed by atoms with Gasteiger partial charge in [0, 0.05) is 19.0 Å². The number of carbonyl (C=O) groups is 3. The fraction of sp³-hybridized carbons (Fsp3) is 0.423. The normalized spacial score (nSPS) is 15.6. The molecule has 186 valence electrons. The van der Waals surface area contributed by atoms with E-state index in [1.807, 2.05) is 48.5 Å². The first kappa shape index (κ1) is 24.6. The van der Waals surface area contributed by atoms with Gasteiger partial charge in [-0.3, -0.25) is 9.59 Å². The number of nitrogens with zero attached hydrogens (tertiary/aromatic N) is 1. The number of hydrogen-bond donors (Lipinski definition) is 2. The number of fused-ring (bicyclic) bond motifs is 3. The number of rotatable bonds is 10. The maximum absolute atomic E-state index is 15.2. The van der Waals surface area contributed by atoms with Crippen molar-refractivity contribution in [2.24, 2.45) is 5.92 Å². The van der Waals surface area contributed by atoms with Crippen molar-refractivity contribution in [1.82, 2.24) is 10.2 Å². The topological polar surface area (TPSA) is 95.9 Å². The van der Waals surface area contributed by atoms with Gasteiger partial charge in [0.25, 0.3) is 5.91 Å². The number of carboxylic acid groups (broad SMARTS) is 1. The number of halogens is 2. The molecule has 2 aliphatic carbocycles. The maximum atomic E-state index is 15.2. The van der Waals surface area contributed by atoms with Gasteiger partial charge in [-0.2, -0.15) is 8.78 Å². The lowest BCUT2D eigenvalue weighted by atomic mass is 9.98. The molecular weight excluding hydrogens is 458 g/mol. The number of alkyl halides is 2. The highest BCUT2D eigenvalue weighted by Gasteiger charge is 2.55. The molecule has 0 aliphatic heterocycles. The Morgan fingerprint density at radius 2 is 1.66 bits per heavy atom. The van der Waals surface area contributed by atoms with E-state index in [1.165, 1.54) is 6.92 Å². The molecule has 0 aromatic heterocycles. The third-order valence-corrected chi connectivity index (χ3v) is 6.65. The van der Waals surface area contributed by atoms with Crippen molar-refractivity contribution < 1.29 is 33.0 Å². The van der Waals surface area contributed by atoms with Crippen molar-refractivity contribution >= 4 is 18.0 Å². The smallest absolute Gasteiger partial charge is 0.407 e. The fourth-order valence-electron chi connectivity index (χ4n) is 4.68. The zero-order valence-electron chi connectivity index (χ0n) is 19.4. The van der Waals surface area contributed by atoms with Gasteiger partial charge in [0.05, 0.1) is 6.42 Å². The summed E-state index contributed by atoms with van der Waals surface area (Å²) in [6.07, 6.45) is -0.537. The Kier molecular flexibility index (Phi) is 7.05. The average Bonchev–Trinajstić information content (AvgIpc) is 3.63. The Balaban J connectivity index is 1.44. The molecule has 0 radical (unpaired) electrons. The average molecular weight is 487 g/mol. The van der Waals surface area contributed by atoms with Crippen LogP contribution in [0.1, 0.15) is 43.2 Å². The predicted molar refractivity (Wildman–Crippen MR) is 124 cm³/mol. The van der Waals surface area contributed by atoms with E-state index >= 15 is 8.78 Å². The second-order valence-corrected chi connectivity index (χ2v) is 8.94. The summed E-state index contributed by atoms with van der Waals surface area (Å²) >= 11 is 0. The van der Waals surface area contributed by atoms with Crippen LogP contribution in [0.5, 0.6) is 0 Å². The maximum Gasteiger partial charge on any atom is 0.407 e. The second-order valence-electron chi connectivity index (χ2n) is 8.94. The number of amides is 2. The van der Waals surface area contributed by atoms with E-state index in [0.717, 1.165) is 27.2 Å². The summed E-state index contributed by atoms with van der Waals surface area (Å²) in [6.45, 7) is 1.07. The number of carboxylic acids is 1. The van der Waals surface area contributed by atoms with Gasteiger partial charge in [-0.1, -0.05) is 48.5 Å². The lowest BCUT2D eigenvalue weighted by Crippen LogP contribution is -2.58. The summed E-state index contributed by atoms with van der Waals surface area (Å²) in [5, 5.41) is 11.1. The van der Waals surface area contributed by atoms with E-state index in [4.69, 9.17) is 9.84 Å². The molecule has 0 heterocycles. The van der Waals surface area contributed by atoms with E-state index in [0.29, 0.717) is 12.8 Å². The predicted octanol–water partition coefficient (Wildman–Crippen LogP) is 4.26. The van der Waals surface area contributed by atoms with E-state index in [9.17, 15) is 14.4 Å². The molecule has 7 nitrogen and oxygen atoms in total. The number of aliphatic carboxylic acids is 1. The van der Waals surface area contributed by atoms with Gasteiger partial charge < -0.3 is 20.1 Å². The number of alkyl carbamates (subject to hydrolysis) is 1. The minimum Gasteiger partial charge on any atom is -0.481 e. The summed E-state index contributed by atoms with van der Waals surface area (Å²) in [5.74, 6) is -7.33. The molecule has 2 aromatic rings. The van der Waals surface area contributed by atoms with Gasteiger partial charge in [0.15, 0.2) is 0 Å². The van der Waals surface area contributed by atoms with Crippen LogP contribution in [0.3, 0.4) is 0 Å². The molecule has 1 saturated carbocycles. The quantitative estimate of drug-likeness (QED) is 0.523. The summed E-state index contributed by atoms with van der Waals surface area (Å²) < 4.78 is 35.8. The molecule has 0 spiro atoms.